The Balaban J connectivity index is 1.35. The van der Waals surface area contributed by atoms with Crippen molar-refractivity contribution in [3.63, 3.8) is 0 Å². The fraction of sp³-hybridized carbons (Fsp3) is 0.622. The second kappa shape index (κ2) is 27.1. The van der Waals surface area contributed by atoms with E-state index in [0.29, 0.717) is 6.42 Å². The molecule has 0 spiro atoms. The lowest BCUT2D eigenvalue weighted by atomic mass is 9.87. The number of aliphatic hydroxyl groups is 3. The number of fused-ring (bicyclic) bond motifs is 1. The molecule has 2 unspecified atom stereocenters. The lowest BCUT2D eigenvalue weighted by Gasteiger charge is -2.36. The van der Waals surface area contributed by atoms with Gasteiger partial charge < -0.3 is 74.1 Å². The fourth-order valence-corrected chi connectivity index (χ4v) is 9.40. The van der Waals surface area contributed by atoms with Crippen LogP contribution < -0.4 is 35.9 Å². The van der Waals surface area contributed by atoms with Crippen molar-refractivity contribution >= 4 is 69.1 Å². The number of aromatic nitrogens is 4. The number of ether oxygens (including phenoxy) is 1. The van der Waals surface area contributed by atoms with Gasteiger partial charge in [-0.2, -0.15) is 0 Å². The first kappa shape index (κ1) is 57.1. The summed E-state index contributed by atoms with van der Waals surface area (Å²) in [6.07, 6.45) is 8.77. The number of imidazole rings is 1. The highest BCUT2D eigenvalue weighted by Crippen LogP contribution is 2.56. The van der Waals surface area contributed by atoms with E-state index in [1.54, 1.807) is 0 Å². The summed E-state index contributed by atoms with van der Waals surface area (Å²) in [6.45, 7) is 2.04. The number of phosphoric ester groups is 3. The molecule has 0 aromatic carbocycles. The molecule has 0 bridgehead atoms. The highest BCUT2D eigenvalue weighted by molar-refractivity contribution is 8.13. The zero-order chi connectivity index (χ0) is 49.1. The smallest absolute Gasteiger partial charge is 0.274 e. The molecule has 25 nitrogen and oxygen atoms in total. The van der Waals surface area contributed by atoms with Gasteiger partial charge in [0, 0.05) is 37.1 Å². The maximum absolute atomic E-state index is 12.6. The first-order valence-corrected chi connectivity index (χ1v) is 25.9. The van der Waals surface area contributed by atoms with Gasteiger partial charge in [-0.3, -0.25) is 28.1 Å². The quantitative estimate of drug-likeness (QED) is 0.0338. The summed E-state index contributed by atoms with van der Waals surface area (Å²) in [5, 5.41) is 36.3. The third kappa shape index (κ3) is 20.1. The first-order chi connectivity index (χ1) is 30.9. The van der Waals surface area contributed by atoms with Crippen molar-refractivity contribution in [3.8, 4) is 0 Å². The van der Waals surface area contributed by atoms with E-state index >= 15 is 0 Å². The molecule has 0 saturated carbocycles. The van der Waals surface area contributed by atoms with Crippen LogP contribution in [0.1, 0.15) is 78.4 Å². The molecule has 3 rings (SSSR count). The van der Waals surface area contributed by atoms with Gasteiger partial charge >= 0.3 is 0 Å². The Kier molecular flexibility index (Phi) is 23.4. The van der Waals surface area contributed by atoms with Gasteiger partial charge in [0.05, 0.1) is 33.5 Å². The highest BCUT2D eigenvalue weighted by Gasteiger charge is 2.47. The molecule has 0 radical (unpaired) electrons. The number of carbonyl (C=O) groups is 3. The van der Waals surface area contributed by atoms with Crippen LogP contribution in [-0.4, -0.2) is 114 Å². The van der Waals surface area contributed by atoms with Crippen LogP contribution in [0.2, 0.25) is 0 Å². The number of rotatable bonds is 30. The number of carbonyl (C=O) groups excluding carboxylic acids is 3. The molecule has 0 aliphatic carbocycles. The molecule has 29 heteroatoms. The molecule has 8 atom stereocenters. The minimum atomic E-state index is -5.93. The lowest BCUT2D eigenvalue weighted by Crippen LogP contribution is -2.46. The van der Waals surface area contributed by atoms with E-state index in [2.05, 4.69) is 80.8 Å². The molecule has 3 heterocycles. The Hall–Kier alpha value is -3.26. The summed E-state index contributed by atoms with van der Waals surface area (Å²) >= 11 is 0.960. The number of hydrogen-bond donors (Lipinski definition) is 6. The minimum absolute atomic E-state index is 0.0251. The maximum Gasteiger partial charge on any atom is 0.274 e. The molecule has 2 amide bonds. The topological polar surface area (TPSA) is 395 Å². The zero-order valence-electron chi connectivity index (χ0n) is 36.4. The van der Waals surface area contributed by atoms with E-state index in [1.807, 2.05) is 6.08 Å². The molecular formula is C37H56N7O18P3S-4. The zero-order valence-corrected chi connectivity index (χ0v) is 39.9. The highest BCUT2D eigenvalue weighted by atomic mass is 32.2. The van der Waals surface area contributed by atoms with Gasteiger partial charge in [0.25, 0.3) is 15.6 Å². The molecule has 1 aliphatic rings. The van der Waals surface area contributed by atoms with E-state index in [9.17, 15) is 63.0 Å². The molecule has 372 valence electrons. The van der Waals surface area contributed by atoms with Crippen LogP contribution in [0, 0.1) is 5.41 Å². The lowest BCUT2D eigenvalue weighted by molar-refractivity contribution is -0.347. The van der Waals surface area contributed by atoms with E-state index in [1.165, 1.54) is 13.8 Å². The van der Waals surface area contributed by atoms with Crippen molar-refractivity contribution in [3.05, 3.63) is 49.1 Å². The van der Waals surface area contributed by atoms with Gasteiger partial charge in [0.1, 0.15) is 36.3 Å². The van der Waals surface area contributed by atoms with Crippen molar-refractivity contribution in [1.82, 2.24) is 30.2 Å². The Morgan fingerprint density at radius 2 is 1.65 bits per heavy atom. The van der Waals surface area contributed by atoms with Crippen LogP contribution in [0.5, 0.6) is 0 Å². The van der Waals surface area contributed by atoms with Gasteiger partial charge in [-0.1, -0.05) is 69.0 Å². The normalized spacial score (nSPS) is 21.1. The second-order valence-corrected chi connectivity index (χ2v) is 20.5. The van der Waals surface area contributed by atoms with Gasteiger partial charge in [-0.15, -0.1) is 0 Å². The van der Waals surface area contributed by atoms with Gasteiger partial charge in [0.2, 0.25) is 11.8 Å². The van der Waals surface area contributed by atoms with E-state index in [0.717, 1.165) is 61.1 Å². The molecule has 7 N–H and O–H groups in total. The summed E-state index contributed by atoms with van der Waals surface area (Å²) < 4.78 is 60.7. The molecule has 1 fully saturated rings. The summed E-state index contributed by atoms with van der Waals surface area (Å²) in [7, 11) is -17.6. The number of phosphoric acid groups is 3. The standard InChI is InChI=1S/C37H60N7O18P3S/c1-4-5-6-7-8-9-10-11-12-13-14-15-25(45)20-28(47)66-19-18-39-27(46)16-17-40-35(50)32(49)37(2,3)22-59-65(56,57)62-64(54,55)58-21-26-31(61-63(51,52)53)30(48)36(60-26)44-24-43-29-33(38)41-23-42-34(29)44/h5-6,8-9,11-12,23-26,30-32,36,45,48-49H,4,7,10,13-22H2,1-3H3,(H,39,46)(H,40,50)(H,54,55)(H,56,57)(H2,38,41,42)(H2,51,52,53)/p-4/b6-5-,9-8-,12-11-/t25-,26+,30+,31+,32-,36+/m0/s1. The van der Waals surface area contributed by atoms with Crippen molar-refractivity contribution < 1.29 is 85.6 Å². The number of nitrogens with one attached hydrogen (secondary N) is 2. The molecule has 2 aromatic rings. The number of allylic oxidation sites excluding steroid dienone is 6. The van der Waals surface area contributed by atoms with E-state index in [4.69, 9.17) is 10.5 Å². The van der Waals surface area contributed by atoms with Crippen LogP contribution in [0.25, 0.3) is 11.2 Å². The van der Waals surface area contributed by atoms with Crippen LogP contribution in [0.4, 0.5) is 5.82 Å². The molecule has 1 saturated heterocycles. The van der Waals surface area contributed by atoms with E-state index < -0.39 is 90.7 Å². The number of unbranched alkanes of at least 4 members (excludes halogenated alkanes) is 1. The Morgan fingerprint density at radius 1 is 0.985 bits per heavy atom. The predicted molar refractivity (Wildman–Crippen MR) is 230 cm³/mol. The summed E-state index contributed by atoms with van der Waals surface area (Å²) in [4.78, 5) is 96.7. The predicted octanol–water partition coefficient (Wildman–Crippen LogP) is -0.0832. The Labute approximate surface area is 385 Å². The SMILES string of the molecule is CC/C=C\C/C=C\C/C=C\CCC[C@H](O)CC(=O)SCCNC(=O)CCNC(=O)[C@H](O)C(C)(C)COP(=O)([O-])OP(=O)([O-])OC[C@H]1O[C@@H](n2cnc3c(N)ncnc32)[C@H](O)[C@@H]1OP(=O)([O-])[O-]. The molecule has 66 heavy (non-hydrogen) atoms. The van der Waals surface area contributed by atoms with Crippen LogP contribution >= 0.6 is 35.2 Å². The van der Waals surface area contributed by atoms with Crippen LogP contribution in [0.15, 0.2) is 49.1 Å². The van der Waals surface area contributed by atoms with Crippen molar-refractivity contribution in [2.45, 2.75) is 109 Å². The number of hydrogen-bond acceptors (Lipinski definition) is 23. The van der Waals surface area contributed by atoms with Crippen molar-refractivity contribution in [2.75, 3.05) is 37.8 Å². The van der Waals surface area contributed by atoms with Crippen molar-refractivity contribution in [2.24, 2.45) is 5.41 Å². The number of nitrogens with zero attached hydrogens (tertiary/aromatic N) is 4. The number of aliphatic hydroxyl groups excluding tert-OH is 3. The minimum Gasteiger partial charge on any atom is -0.790 e. The number of anilines is 1. The number of amides is 2. The van der Waals surface area contributed by atoms with Gasteiger partial charge in [-0.25, -0.2) is 19.3 Å². The summed E-state index contributed by atoms with van der Waals surface area (Å²) in [6, 6.07) is 0. The Morgan fingerprint density at radius 3 is 2.33 bits per heavy atom. The van der Waals surface area contributed by atoms with Crippen LogP contribution in [0.3, 0.4) is 0 Å². The molecule has 1 aliphatic heterocycles. The Bertz CT molecular complexity index is 2140. The molecule has 2 aromatic heterocycles. The average molecular weight is 1010 g/mol. The number of nitrogen functional groups attached to an aromatic ring is 1. The van der Waals surface area contributed by atoms with Crippen LogP contribution in [-0.2, 0) is 50.7 Å². The summed E-state index contributed by atoms with van der Waals surface area (Å²) in [5.41, 5.74) is 4.05. The largest absolute Gasteiger partial charge is 0.790 e. The second-order valence-electron chi connectivity index (χ2n) is 15.3. The average Bonchev–Trinajstić information content (AvgIpc) is 3.79. The number of nitrogens with two attached hydrogens (primary N) is 1. The monoisotopic (exact) mass is 1010 g/mol. The molecular weight excluding hydrogens is 955 g/mol. The summed E-state index contributed by atoms with van der Waals surface area (Å²) in [5.74, 6) is -1.37. The maximum atomic E-state index is 12.6. The van der Waals surface area contributed by atoms with E-state index in [-0.39, 0.29) is 53.8 Å². The van der Waals surface area contributed by atoms with Crippen molar-refractivity contribution in [1.29, 1.82) is 0 Å². The first-order valence-electron chi connectivity index (χ1n) is 20.6. The fourth-order valence-electron chi connectivity index (χ4n) is 5.92. The number of thioether (sulfide) groups is 1. The third-order valence-electron chi connectivity index (χ3n) is 9.33. The van der Waals surface area contributed by atoms with Gasteiger partial charge in [-0.05, 0) is 38.5 Å². The van der Waals surface area contributed by atoms with Gasteiger partial charge in [0.15, 0.2) is 22.8 Å². The third-order valence-corrected chi connectivity index (χ3v) is 13.2.